The largest absolute Gasteiger partial charge is 0.388 e. The standard InChI is InChI=1S/C20H23N5O/c1-11-7-18(26)25-17-10-23-9-15(20(17)24-11)13-5-6-16(22-2)14(8-13)19(21)12-3-4-12/h5-6,8-12,21-22,24H,3-4,7H2,1-2H3,(H,25,26). The summed E-state index contributed by atoms with van der Waals surface area (Å²) in [5.41, 5.74) is 6.12. The van der Waals surface area contributed by atoms with Crippen molar-refractivity contribution in [3.63, 3.8) is 0 Å². The Morgan fingerprint density at radius 3 is 2.85 bits per heavy atom. The highest BCUT2D eigenvalue weighted by Crippen LogP contribution is 2.39. The molecule has 6 nitrogen and oxygen atoms in total. The molecule has 1 unspecified atom stereocenters. The molecule has 0 radical (unpaired) electrons. The monoisotopic (exact) mass is 349 g/mol. The van der Waals surface area contributed by atoms with Crippen LogP contribution in [-0.4, -0.2) is 29.7 Å². The highest BCUT2D eigenvalue weighted by atomic mass is 16.1. The second-order valence-electron chi connectivity index (χ2n) is 7.11. The van der Waals surface area contributed by atoms with Gasteiger partial charge in [-0.1, -0.05) is 6.07 Å². The SMILES string of the molecule is CNc1ccc(-c2cncc3c2NC(C)CC(=O)N3)cc1C(=N)C1CC1. The van der Waals surface area contributed by atoms with E-state index < -0.39 is 0 Å². The second kappa shape index (κ2) is 6.44. The van der Waals surface area contributed by atoms with Gasteiger partial charge in [0.05, 0.1) is 17.6 Å². The van der Waals surface area contributed by atoms with Crippen molar-refractivity contribution < 1.29 is 4.79 Å². The van der Waals surface area contributed by atoms with Crippen LogP contribution in [0, 0.1) is 11.3 Å². The summed E-state index contributed by atoms with van der Waals surface area (Å²) in [5, 5.41) is 18.1. The van der Waals surface area contributed by atoms with Crippen LogP contribution in [0.5, 0.6) is 0 Å². The van der Waals surface area contributed by atoms with Crippen LogP contribution in [0.2, 0.25) is 0 Å². The van der Waals surface area contributed by atoms with E-state index in [2.05, 4.69) is 27.0 Å². The van der Waals surface area contributed by atoms with Gasteiger partial charge in [-0.2, -0.15) is 0 Å². The molecule has 2 aromatic rings. The normalized spacial score (nSPS) is 19.0. The van der Waals surface area contributed by atoms with Gasteiger partial charge >= 0.3 is 0 Å². The van der Waals surface area contributed by atoms with E-state index in [-0.39, 0.29) is 11.9 Å². The third kappa shape index (κ3) is 3.03. The smallest absolute Gasteiger partial charge is 0.226 e. The Bertz CT molecular complexity index is 888. The van der Waals surface area contributed by atoms with Gasteiger partial charge in [-0.3, -0.25) is 9.78 Å². The number of nitrogens with zero attached hydrogens (tertiary/aromatic N) is 1. The summed E-state index contributed by atoms with van der Waals surface area (Å²) < 4.78 is 0. The first-order valence-electron chi connectivity index (χ1n) is 9.02. The van der Waals surface area contributed by atoms with Crippen LogP contribution in [0.1, 0.15) is 31.7 Å². The molecule has 4 N–H and O–H groups in total. The zero-order valence-corrected chi connectivity index (χ0v) is 15.0. The van der Waals surface area contributed by atoms with E-state index in [1.165, 1.54) is 0 Å². The van der Waals surface area contributed by atoms with Gasteiger partial charge in [0, 0.05) is 54.2 Å². The Kier molecular flexibility index (Phi) is 4.11. The molecule has 2 heterocycles. The topological polar surface area (TPSA) is 89.9 Å². The summed E-state index contributed by atoms with van der Waals surface area (Å²) in [6.45, 7) is 2.00. The van der Waals surface area contributed by atoms with Gasteiger partial charge < -0.3 is 21.4 Å². The first kappa shape index (κ1) is 16.6. The maximum atomic E-state index is 12.0. The molecule has 0 spiro atoms. The van der Waals surface area contributed by atoms with Crippen molar-refractivity contribution in [1.82, 2.24) is 4.98 Å². The first-order valence-corrected chi connectivity index (χ1v) is 9.02. The summed E-state index contributed by atoms with van der Waals surface area (Å²) in [4.78, 5) is 16.3. The third-order valence-corrected chi connectivity index (χ3v) is 4.98. The molecule has 1 fully saturated rings. The minimum Gasteiger partial charge on any atom is -0.388 e. The van der Waals surface area contributed by atoms with Crippen LogP contribution in [0.3, 0.4) is 0 Å². The summed E-state index contributed by atoms with van der Waals surface area (Å²) in [6.07, 6.45) is 6.11. The molecule has 6 heteroatoms. The number of amides is 1. The van der Waals surface area contributed by atoms with Gasteiger partial charge in [-0.05, 0) is 37.5 Å². The molecular weight excluding hydrogens is 326 g/mol. The van der Waals surface area contributed by atoms with E-state index in [1.807, 2.05) is 32.3 Å². The molecule has 1 aromatic carbocycles. The Morgan fingerprint density at radius 1 is 1.31 bits per heavy atom. The maximum Gasteiger partial charge on any atom is 0.226 e. The molecule has 0 saturated heterocycles. The van der Waals surface area contributed by atoms with E-state index in [4.69, 9.17) is 5.41 Å². The Morgan fingerprint density at radius 2 is 2.12 bits per heavy atom. The predicted molar refractivity (Wildman–Crippen MR) is 105 cm³/mol. The lowest BCUT2D eigenvalue weighted by Gasteiger charge is -2.18. The van der Waals surface area contributed by atoms with Crippen LogP contribution >= 0.6 is 0 Å². The van der Waals surface area contributed by atoms with Crippen LogP contribution in [0.25, 0.3) is 11.1 Å². The van der Waals surface area contributed by atoms with Crippen LogP contribution in [-0.2, 0) is 4.79 Å². The summed E-state index contributed by atoms with van der Waals surface area (Å²) in [5.74, 6) is 0.366. The number of hydrogen-bond donors (Lipinski definition) is 4. The Labute approximate surface area is 152 Å². The van der Waals surface area contributed by atoms with Crippen molar-refractivity contribution in [3.8, 4) is 11.1 Å². The number of hydrogen-bond acceptors (Lipinski definition) is 5. The van der Waals surface area contributed by atoms with Crippen LogP contribution in [0.4, 0.5) is 17.1 Å². The quantitative estimate of drug-likeness (QED) is 0.634. The van der Waals surface area contributed by atoms with Gasteiger partial charge in [0.1, 0.15) is 0 Å². The van der Waals surface area contributed by atoms with Gasteiger partial charge in [-0.15, -0.1) is 0 Å². The van der Waals surface area contributed by atoms with Gasteiger partial charge in [0.25, 0.3) is 0 Å². The van der Waals surface area contributed by atoms with Crippen molar-refractivity contribution in [2.24, 2.45) is 5.92 Å². The molecule has 26 heavy (non-hydrogen) atoms. The Balaban J connectivity index is 1.81. The number of aromatic nitrogens is 1. The van der Waals surface area contributed by atoms with Crippen LogP contribution in [0.15, 0.2) is 30.6 Å². The third-order valence-electron chi connectivity index (χ3n) is 4.98. The second-order valence-corrected chi connectivity index (χ2v) is 7.11. The van der Waals surface area contributed by atoms with E-state index >= 15 is 0 Å². The molecule has 2 aliphatic rings. The molecule has 134 valence electrons. The minimum atomic E-state index is -0.00979. The zero-order chi connectivity index (χ0) is 18.3. The zero-order valence-electron chi connectivity index (χ0n) is 15.0. The number of pyridine rings is 1. The highest BCUT2D eigenvalue weighted by molar-refractivity contribution is 6.07. The molecule has 1 aliphatic heterocycles. The number of carbonyl (C=O) groups is 1. The predicted octanol–water partition coefficient (Wildman–Crippen LogP) is 3.71. The maximum absolute atomic E-state index is 12.0. The summed E-state index contributed by atoms with van der Waals surface area (Å²) in [7, 11) is 1.88. The van der Waals surface area contributed by atoms with Gasteiger partial charge in [0.2, 0.25) is 5.91 Å². The van der Waals surface area contributed by atoms with E-state index in [1.54, 1.807) is 6.20 Å². The van der Waals surface area contributed by atoms with Gasteiger partial charge in [0.15, 0.2) is 0 Å². The summed E-state index contributed by atoms with van der Waals surface area (Å²) in [6, 6.07) is 6.15. The number of nitrogens with one attached hydrogen (secondary N) is 4. The fourth-order valence-electron chi connectivity index (χ4n) is 3.45. The molecule has 1 aliphatic carbocycles. The van der Waals surface area contributed by atoms with Crippen molar-refractivity contribution in [1.29, 1.82) is 5.41 Å². The average molecular weight is 349 g/mol. The van der Waals surface area contributed by atoms with E-state index in [9.17, 15) is 4.79 Å². The number of fused-ring (bicyclic) bond motifs is 1. The molecular formula is C20H23N5O. The molecule has 1 saturated carbocycles. The first-order chi connectivity index (χ1) is 12.6. The molecule has 1 atom stereocenters. The number of anilines is 3. The fraction of sp³-hybridized carbons (Fsp3) is 0.350. The molecule has 0 bridgehead atoms. The van der Waals surface area contributed by atoms with Gasteiger partial charge in [-0.25, -0.2) is 0 Å². The minimum absolute atomic E-state index is 0.00979. The number of carbonyl (C=O) groups excluding carboxylic acids is 1. The number of rotatable bonds is 4. The number of benzene rings is 1. The van der Waals surface area contributed by atoms with Crippen molar-refractivity contribution in [2.75, 3.05) is 23.0 Å². The lowest BCUT2D eigenvalue weighted by Crippen LogP contribution is -2.19. The Hall–Kier alpha value is -2.89. The van der Waals surface area contributed by atoms with Crippen molar-refractivity contribution in [3.05, 3.63) is 36.2 Å². The lowest BCUT2D eigenvalue weighted by atomic mass is 9.97. The average Bonchev–Trinajstić information content (AvgIpc) is 3.47. The molecule has 1 amide bonds. The fourth-order valence-corrected chi connectivity index (χ4v) is 3.45. The highest BCUT2D eigenvalue weighted by Gasteiger charge is 2.29. The molecule has 4 rings (SSSR count). The van der Waals surface area contributed by atoms with E-state index in [0.29, 0.717) is 23.7 Å². The van der Waals surface area contributed by atoms with E-state index in [0.717, 1.165) is 40.9 Å². The lowest BCUT2D eigenvalue weighted by molar-refractivity contribution is -0.116. The van der Waals surface area contributed by atoms with Crippen molar-refractivity contribution >= 4 is 28.7 Å². The molecule has 1 aromatic heterocycles. The van der Waals surface area contributed by atoms with Crippen LogP contribution < -0.4 is 16.0 Å². The summed E-state index contributed by atoms with van der Waals surface area (Å²) >= 11 is 0. The van der Waals surface area contributed by atoms with Crippen molar-refractivity contribution in [2.45, 2.75) is 32.2 Å².